The minimum absolute atomic E-state index is 0.0384. The van der Waals surface area contributed by atoms with E-state index in [1.54, 1.807) is 0 Å². The van der Waals surface area contributed by atoms with E-state index in [-0.39, 0.29) is 11.7 Å². The van der Waals surface area contributed by atoms with Crippen LogP contribution in [0.2, 0.25) is 0 Å². The molecule has 0 saturated carbocycles. The van der Waals surface area contributed by atoms with Crippen LogP contribution in [0.1, 0.15) is 13.3 Å². The van der Waals surface area contributed by atoms with E-state index in [2.05, 4.69) is 21.2 Å². The van der Waals surface area contributed by atoms with Crippen LogP contribution in [0.15, 0.2) is 12.4 Å². The zero-order valence-corrected chi connectivity index (χ0v) is 8.17. The number of aromatic nitrogens is 2. The Labute approximate surface area is 86.9 Å². The maximum absolute atomic E-state index is 10.3. The molecule has 0 aliphatic carbocycles. The second kappa shape index (κ2) is 4.91. The number of nitro groups is 1. The van der Waals surface area contributed by atoms with Crippen LogP contribution in [-0.2, 0) is 0 Å². The molecule has 0 fully saturated rings. The van der Waals surface area contributed by atoms with Gasteiger partial charge in [-0.25, -0.2) is 9.97 Å². The van der Waals surface area contributed by atoms with Crippen molar-refractivity contribution in [2.24, 2.45) is 0 Å². The molecular weight excluding hydrogens is 196 g/mol. The van der Waals surface area contributed by atoms with Crippen LogP contribution in [0.25, 0.3) is 0 Å². The number of rotatable bonds is 4. The Bertz CT molecular complexity index is 382. The highest BCUT2D eigenvalue weighted by Gasteiger charge is 2.07. The van der Waals surface area contributed by atoms with Crippen molar-refractivity contribution in [2.75, 3.05) is 5.32 Å². The van der Waals surface area contributed by atoms with Crippen molar-refractivity contribution >= 4 is 11.6 Å². The van der Waals surface area contributed by atoms with E-state index in [1.807, 2.05) is 6.92 Å². The fourth-order valence-electron chi connectivity index (χ4n) is 0.938. The van der Waals surface area contributed by atoms with Crippen molar-refractivity contribution in [3.63, 3.8) is 0 Å². The smallest absolute Gasteiger partial charge is 0.305 e. The van der Waals surface area contributed by atoms with Gasteiger partial charge < -0.3 is 5.32 Å². The monoisotopic (exact) mass is 206 g/mol. The first-order valence-corrected chi connectivity index (χ1v) is 4.30. The Morgan fingerprint density at radius 3 is 2.73 bits per heavy atom. The zero-order valence-electron chi connectivity index (χ0n) is 8.17. The van der Waals surface area contributed by atoms with Gasteiger partial charge in [0, 0.05) is 12.5 Å². The molecule has 15 heavy (non-hydrogen) atoms. The Balaban J connectivity index is 2.65. The summed E-state index contributed by atoms with van der Waals surface area (Å²) in [5.41, 5.74) is -0.134. The molecule has 6 nitrogen and oxygen atoms in total. The van der Waals surface area contributed by atoms with Gasteiger partial charge >= 0.3 is 5.69 Å². The van der Waals surface area contributed by atoms with Gasteiger partial charge in [-0.3, -0.25) is 10.1 Å². The number of anilines is 1. The lowest BCUT2D eigenvalue weighted by atomic mass is 10.2. The molecule has 1 aromatic heterocycles. The highest BCUT2D eigenvalue weighted by Crippen LogP contribution is 2.09. The number of hydrogen-bond acceptors (Lipinski definition) is 5. The van der Waals surface area contributed by atoms with Crippen LogP contribution < -0.4 is 5.32 Å². The third-order valence-electron chi connectivity index (χ3n) is 1.65. The molecule has 0 aromatic carbocycles. The van der Waals surface area contributed by atoms with Crippen LogP contribution >= 0.6 is 0 Å². The summed E-state index contributed by atoms with van der Waals surface area (Å²) in [5.74, 6) is 2.83. The molecule has 0 radical (unpaired) electrons. The summed E-state index contributed by atoms with van der Waals surface area (Å²) in [6.45, 7) is 1.88. The quantitative estimate of drug-likeness (QED) is 0.455. The third kappa shape index (κ3) is 3.23. The molecule has 0 bridgehead atoms. The molecule has 6 heteroatoms. The van der Waals surface area contributed by atoms with Gasteiger partial charge in [0.05, 0.1) is 4.92 Å². The van der Waals surface area contributed by atoms with Gasteiger partial charge in [0.15, 0.2) is 0 Å². The van der Waals surface area contributed by atoms with E-state index in [1.165, 1.54) is 0 Å². The van der Waals surface area contributed by atoms with Crippen LogP contribution in [-0.4, -0.2) is 20.9 Å². The standard InChI is InChI=1S/C9H10N4O2/c1-3-4-7(2)12-9-10-5-8(6-11-9)13(14)15/h1,5-7H,4H2,2H3,(H,10,11,12). The van der Waals surface area contributed by atoms with E-state index >= 15 is 0 Å². The van der Waals surface area contributed by atoms with E-state index in [0.29, 0.717) is 12.4 Å². The van der Waals surface area contributed by atoms with Gasteiger partial charge in [0.2, 0.25) is 5.95 Å². The van der Waals surface area contributed by atoms with Crippen molar-refractivity contribution in [2.45, 2.75) is 19.4 Å². The minimum atomic E-state index is -0.547. The molecule has 0 saturated heterocycles. The molecule has 0 aliphatic rings. The van der Waals surface area contributed by atoms with Gasteiger partial charge in [0.25, 0.3) is 0 Å². The number of terminal acetylenes is 1. The average molecular weight is 206 g/mol. The lowest BCUT2D eigenvalue weighted by Gasteiger charge is -2.09. The first-order valence-electron chi connectivity index (χ1n) is 4.30. The first-order chi connectivity index (χ1) is 7.13. The maximum atomic E-state index is 10.3. The summed E-state index contributed by atoms with van der Waals surface area (Å²) in [7, 11) is 0. The molecule has 1 aromatic rings. The van der Waals surface area contributed by atoms with Gasteiger partial charge in [-0.15, -0.1) is 12.3 Å². The van der Waals surface area contributed by atoms with Crippen molar-refractivity contribution in [1.82, 2.24) is 9.97 Å². The minimum Gasteiger partial charge on any atom is -0.351 e. The van der Waals surface area contributed by atoms with E-state index < -0.39 is 4.92 Å². The fourth-order valence-corrected chi connectivity index (χ4v) is 0.938. The van der Waals surface area contributed by atoms with Crippen molar-refractivity contribution < 1.29 is 4.92 Å². The largest absolute Gasteiger partial charge is 0.351 e. The summed E-state index contributed by atoms with van der Waals surface area (Å²) in [5, 5.41) is 13.2. The second-order valence-electron chi connectivity index (χ2n) is 2.98. The Hall–Kier alpha value is -2.16. The summed E-state index contributed by atoms with van der Waals surface area (Å²) in [4.78, 5) is 17.3. The third-order valence-corrected chi connectivity index (χ3v) is 1.65. The topological polar surface area (TPSA) is 81.0 Å². The molecule has 1 heterocycles. The molecule has 0 spiro atoms. The van der Waals surface area contributed by atoms with Gasteiger partial charge in [-0.2, -0.15) is 0 Å². The molecule has 1 rings (SSSR count). The fraction of sp³-hybridized carbons (Fsp3) is 0.333. The average Bonchev–Trinajstić information content (AvgIpc) is 2.18. The van der Waals surface area contributed by atoms with Gasteiger partial charge in [-0.1, -0.05) is 0 Å². The summed E-state index contributed by atoms with van der Waals surface area (Å²) in [6, 6.07) is 0.0384. The molecule has 1 unspecified atom stereocenters. The highest BCUT2D eigenvalue weighted by atomic mass is 16.6. The summed E-state index contributed by atoms with van der Waals surface area (Å²) in [6.07, 6.45) is 7.97. The van der Waals surface area contributed by atoms with Crippen molar-refractivity contribution in [3.8, 4) is 12.3 Å². The summed E-state index contributed by atoms with van der Waals surface area (Å²) < 4.78 is 0. The number of nitrogens with zero attached hydrogens (tertiary/aromatic N) is 3. The normalized spacial score (nSPS) is 11.5. The van der Waals surface area contributed by atoms with Gasteiger partial charge in [-0.05, 0) is 6.92 Å². The first kappa shape index (κ1) is 10.9. The van der Waals surface area contributed by atoms with Crippen molar-refractivity contribution in [1.29, 1.82) is 0 Å². The van der Waals surface area contributed by atoms with Gasteiger partial charge in [0.1, 0.15) is 12.4 Å². The number of hydrogen-bond donors (Lipinski definition) is 1. The van der Waals surface area contributed by atoms with Crippen LogP contribution in [0.5, 0.6) is 0 Å². The van der Waals surface area contributed by atoms with Crippen molar-refractivity contribution in [3.05, 3.63) is 22.5 Å². The molecule has 1 atom stereocenters. The predicted molar refractivity (Wildman–Crippen MR) is 55.2 cm³/mol. The molecule has 0 aliphatic heterocycles. The Morgan fingerprint density at radius 1 is 1.67 bits per heavy atom. The number of nitrogens with one attached hydrogen (secondary N) is 1. The predicted octanol–water partition coefficient (Wildman–Crippen LogP) is 1.21. The van der Waals surface area contributed by atoms with Crippen LogP contribution in [0.3, 0.4) is 0 Å². The molecule has 0 amide bonds. The molecule has 1 N–H and O–H groups in total. The zero-order chi connectivity index (χ0) is 11.3. The second-order valence-corrected chi connectivity index (χ2v) is 2.98. The molecule has 78 valence electrons. The molecular formula is C9H10N4O2. The lowest BCUT2D eigenvalue weighted by molar-refractivity contribution is -0.385. The summed E-state index contributed by atoms with van der Waals surface area (Å²) >= 11 is 0. The Morgan fingerprint density at radius 2 is 2.27 bits per heavy atom. The maximum Gasteiger partial charge on any atom is 0.305 e. The Kier molecular flexibility index (Phi) is 3.57. The van der Waals surface area contributed by atoms with E-state index in [4.69, 9.17) is 6.42 Å². The van der Waals surface area contributed by atoms with E-state index in [0.717, 1.165) is 12.4 Å². The van der Waals surface area contributed by atoms with Crippen LogP contribution in [0, 0.1) is 22.5 Å². The van der Waals surface area contributed by atoms with E-state index in [9.17, 15) is 10.1 Å². The highest BCUT2D eigenvalue weighted by molar-refractivity contribution is 5.31. The lowest BCUT2D eigenvalue weighted by Crippen LogP contribution is -2.16. The van der Waals surface area contributed by atoms with Crippen LogP contribution in [0.4, 0.5) is 11.6 Å². The SMILES string of the molecule is C#CCC(C)Nc1ncc([N+](=O)[O-])cn1.